The number of nitrogens with one attached hydrogen (secondary N) is 1. The van der Waals surface area contributed by atoms with E-state index in [2.05, 4.69) is 5.32 Å². The van der Waals surface area contributed by atoms with Gasteiger partial charge in [0.05, 0.1) is 16.9 Å². The molecule has 1 aliphatic heterocycles. The normalized spacial score (nSPS) is 26.1. The number of carbonyl (C=O) groups excluding carboxylic acids is 1. The van der Waals surface area contributed by atoms with E-state index in [4.69, 9.17) is 0 Å². The summed E-state index contributed by atoms with van der Waals surface area (Å²) in [5.41, 5.74) is 0.220. The molecule has 108 valence electrons. The van der Waals surface area contributed by atoms with E-state index >= 15 is 0 Å². The zero-order valence-electron chi connectivity index (χ0n) is 10.9. The third-order valence-electron chi connectivity index (χ3n) is 4.15. The molecule has 1 aromatic rings. The maximum atomic E-state index is 12.9. The molecule has 1 unspecified atom stereocenters. The molecule has 0 spiro atoms. The fourth-order valence-corrected chi connectivity index (χ4v) is 4.45. The Kier molecular flexibility index (Phi) is 3.08. The summed E-state index contributed by atoms with van der Waals surface area (Å²) >= 11 is 0. The highest BCUT2D eigenvalue weighted by Crippen LogP contribution is 2.48. The highest BCUT2D eigenvalue weighted by Gasteiger charge is 2.52. The van der Waals surface area contributed by atoms with Crippen LogP contribution in [0.5, 0.6) is 0 Å². The van der Waals surface area contributed by atoms with Gasteiger partial charge in [-0.3, -0.25) is 4.79 Å². The van der Waals surface area contributed by atoms with Crippen LogP contribution in [-0.4, -0.2) is 31.9 Å². The van der Waals surface area contributed by atoms with Crippen molar-refractivity contribution in [2.24, 2.45) is 0 Å². The first kappa shape index (κ1) is 13.5. The number of halogens is 1. The van der Waals surface area contributed by atoms with E-state index in [0.717, 1.165) is 18.4 Å². The van der Waals surface area contributed by atoms with Crippen LogP contribution in [0.4, 0.5) is 4.39 Å². The zero-order valence-corrected chi connectivity index (χ0v) is 11.7. The first-order chi connectivity index (χ1) is 9.41. The molecular weight excluding hydrogens is 281 g/mol. The largest absolute Gasteiger partial charge is 0.352 e. The Morgan fingerprint density at radius 1 is 1.25 bits per heavy atom. The number of amides is 1. The molecule has 2 aliphatic rings. The molecule has 1 saturated carbocycles. The molecule has 1 amide bonds. The second-order valence-electron chi connectivity index (χ2n) is 5.66. The van der Waals surface area contributed by atoms with Crippen LogP contribution < -0.4 is 5.32 Å². The molecule has 0 radical (unpaired) electrons. The summed E-state index contributed by atoms with van der Waals surface area (Å²) in [4.78, 5) is 12.4. The molecule has 20 heavy (non-hydrogen) atoms. The van der Waals surface area contributed by atoms with Gasteiger partial charge in [0.15, 0.2) is 9.84 Å². The minimum atomic E-state index is -3.00. The van der Waals surface area contributed by atoms with Crippen molar-refractivity contribution in [1.82, 2.24) is 5.32 Å². The number of hydrogen-bond donors (Lipinski definition) is 1. The fourth-order valence-electron chi connectivity index (χ4n) is 2.77. The van der Waals surface area contributed by atoms with Crippen LogP contribution in [0.3, 0.4) is 0 Å². The second-order valence-corrected chi connectivity index (χ2v) is 7.89. The first-order valence-electron chi connectivity index (χ1n) is 6.69. The van der Waals surface area contributed by atoms with Crippen LogP contribution in [0.2, 0.25) is 0 Å². The maximum Gasteiger partial charge on any atom is 0.230 e. The van der Waals surface area contributed by atoms with Crippen molar-refractivity contribution in [2.75, 3.05) is 11.5 Å². The van der Waals surface area contributed by atoms with E-state index in [1.54, 1.807) is 12.1 Å². The van der Waals surface area contributed by atoms with Gasteiger partial charge < -0.3 is 5.32 Å². The summed E-state index contributed by atoms with van der Waals surface area (Å²) in [6.45, 7) is 0. The van der Waals surface area contributed by atoms with E-state index in [1.165, 1.54) is 12.1 Å². The molecule has 1 aliphatic carbocycles. The minimum Gasteiger partial charge on any atom is -0.352 e. The van der Waals surface area contributed by atoms with Crippen LogP contribution >= 0.6 is 0 Å². The van der Waals surface area contributed by atoms with Crippen LogP contribution in [0, 0.1) is 5.82 Å². The molecule has 0 aromatic heterocycles. The molecule has 1 aromatic carbocycles. The maximum absolute atomic E-state index is 12.9. The van der Waals surface area contributed by atoms with Crippen molar-refractivity contribution in [2.45, 2.75) is 30.7 Å². The van der Waals surface area contributed by atoms with Crippen molar-refractivity contribution in [3.8, 4) is 0 Å². The number of hydrogen-bond acceptors (Lipinski definition) is 3. The summed E-state index contributed by atoms with van der Waals surface area (Å²) in [6, 6.07) is 5.68. The molecule has 6 heteroatoms. The summed E-state index contributed by atoms with van der Waals surface area (Å²) < 4.78 is 35.7. The standard InChI is InChI=1S/C14H16FNO3S/c15-11-3-1-10(2-4-11)14(6-7-14)13(17)16-12-5-8-20(18,19)9-12/h1-4,12H,5-9H2,(H,16,17). The molecule has 1 N–H and O–H groups in total. The van der Waals surface area contributed by atoms with Gasteiger partial charge >= 0.3 is 0 Å². The van der Waals surface area contributed by atoms with Crippen LogP contribution in [0.15, 0.2) is 24.3 Å². The SMILES string of the molecule is O=C(NC1CCS(=O)(=O)C1)C1(c2ccc(F)cc2)CC1. The van der Waals surface area contributed by atoms with E-state index < -0.39 is 15.3 Å². The topological polar surface area (TPSA) is 63.2 Å². The molecule has 0 bridgehead atoms. The van der Waals surface area contributed by atoms with Crippen molar-refractivity contribution in [3.05, 3.63) is 35.6 Å². The summed E-state index contributed by atoms with van der Waals surface area (Å²) in [7, 11) is -3.00. The van der Waals surface area contributed by atoms with E-state index in [-0.39, 0.29) is 29.3 Å². The Labute approximate surface area is 117 Å². The van der Waals surface area contributed by atoms with Crippen molar-refractivity contribution >= 4 is 15.7 Å². The van der Waals surface area contributed by atoms with E-state index in [0.29, 0.717) is 6.42 Å². The highest BCUT2D eigenvalue weighted by atomic mass is 32.2. The predicted molar refractivity (Wildman–Crippen MR) is 72.5 cm³/mol. The van der Waals surface area contributed by atoms with Gasteiger partial charge in [-0.2, -0.15) is 0 Å². The molecule has 1 heterocycles. The molecule has 1 atom stereocenters. The van der Waals surface area contributed by atoms with Crippen LogP contribution in [0.1, 0.15) is 24.8 Å². The molecule has 3 rings (SSSR count). The fraction of sp³-hybridized carbons (Fsp3) is 0.500. The lowest BCUT2D eigenvalue weighted by molar-refractivity contribution is -0.124. The Morgan fingerprint density at radius 2 is 1.90 bits per heavy atom. The summed E-state index contributed by atoms with van der Waals surface area (Å²) in [6.07, 6.45) is 1.93. The number of sulfone groups is 1. The Morgan fingerprint density at radius 3 is 2.40 bits per heavy atom. The lowest BCUT2D eigenvalue weighted by atomic mass is 9.94. The number of benzene rings is 1. The Balaban J connectivity index is 1.72. The van der Waals surface area contributed by atoms with Gasteiger partial charge in [0.2, 0.25) is 5.91 Å². The Hall–Kier alpha value is -1.43. The van der Waals surface area contributed by atoms with Crippen LogP contribution in [-0.2, 0) is 20.0 Å². The van der Waals surface area contributed by atoms with Gasteiger partial charge in [0.25, 0.3) is 0 Å². The van der Waals surface area contributed by atoms with Gasteiger partial charge in [-0.05, 0) is 37.0 Å². The molecular formula is C14H16FNO3S. The van der Waals surface area contributed by atoms with E-state index in [9.17, 15) is 17.6 Å². The first-order valence-corrected chi connectivity index (χ1v) is 8.51. The molecule has 4 nitrogen and oxygen atoms in total. The lowest BCUT2D eigenvalue weighted by Crippen LogP contribution is -2.42. The smallest absolute Gasteiger partial charge is 0.230 e. The van der Waals surface area contributed by atoms with Gasteiger partial charge in [-0.15, -0.1) is 0 Å². The monoisotopic (exact) mass is 297 g/mol. The quantitative estimate of drug-likeness (QED) is 0.910. The molecule has 2 fully saturated rings. The third kappa shape index (κ3) is 2.44. The van der Waals surface area contributed by atoms with Gasteiger partial charge in [0.1, 0.15) is 5.82 Å². The van der Waals surface area contributed by atoms with Gasteiger partial charge in [-0.25, -0.2) is 12.8 Å². The van der Waals surface area contributed by atoms with E-state index in [1.807, 2.05) is 0 Å². The summed E-state index contributed by atoms with van der Waals surface area (Å²) in [5.74, 6) is -0.294. The second kappa shape index (κ2) is 4.55. The number of carbonyl (C=O) groups is 1. The average molecular weight is 297 g/mol. The van der Waals surface area contributed by atoms with Crippen molar-refractivity contribution in [1.29, 1.82) is 0 Å². The predicted octanol–water partition coefficient (Wildman–Crippen LogP) is 1.16. The average Bonchev–Trinajstić information content (AvgIpc) is 3.12. The highest BCUT2D eigenvalue weighted by molar-refractivity contribution is 7.91. The third-order valence-corrected chi connectivity index (χ3v) is 5.92. The van der Waals surface area contributed by atoms with Gasteiger partial charge in [-0.1, -0.05) is 12.1 Å². The lowest BCUT2D eigenvalue weighted by Gasteiger charge is -2.18. The zero-order chi connectivity index (χ0) is 14.4. The molecule has 1 saturated heterocycles. The van der Waals surface area contributed by atoms with Crippen molar-refractivity contribution < 1.29 is 17.6 Å². The van der Waals surface area contributed by atoms with Crippen molar-refractivity contribution in [3.63, 3.8) is 0 Å². The number of rotatable bonds is 3. The summed E-state index contributed by atoms with van der Waals surface area (Å²) in [5, 5.41) is 2.84. The van der Waals surface area contributed by atoms with Crippen LogP contribution in [0.25, 0.3) is 0 Å². The Bertz CT molecular complexity index is 635. The minimum absolute atomic E-state index is 0.0260. The van der Waals surface area contributed by atoms with Gasteiger partial charge in [0, 0.05) is 6.04 Å².